The van der Waals surface area contributed by atoms with Gasteiger partial charge in [0.05, 0.1) is 13.2 Å². The van der Waals surface area contributed by atoms with Gasteiger partial charge in [-0.3, -0.25) is 4.79 Å². The highest BCUT2D eigenvalue weighted by Gasteiger charge is 2.04. The first-order valence-electron chi connectivity index (χ1n) is 4.64. The number of ketones is 1. The molecule has 0 N–H and O–H groups in total. The summed E-state index contributed by atoms with van der Waals surface area (Å²) in [7, 11) is 0. The molecule has 1 aliphatic rings. The summed E-state index contributed by atoms with van der Waals surface area (Å²) in [6, 6.07) is 2.89. The van der Waals surface area contributed by atoms with E-state index in [2.05, 4.69) is 35.6 Å². The molecule has 1 heterocycles. The summed E-state index contributed by atoms with van der Waals surface area (Å²) < 4.78 is 5.17. The normalized spacial score (nSPS) is 13.5. The van der Waals surface area contributed by atoms with Gasteiger partial charge in [0, 0.05) is 37.9 Å². The average molecular weight is 201 g/mol. The predicted molar refractivity (Wildman–Crippen MR) is 56.4 cm³/mol. The van der Waals surface area contributed by atoms with E-state index in [0.29, 0.717) is 13.2 Å². The highest BCUT2D eigenvalue weighted by atomic mass is 16.5. The zero-order chi connectivity index (χ0) is 10.9. The fraction of sp³-hybridized carbons (Fsp3) is 0.417. The summed E-state index contributed by atoms with van der Waals surface area (Å²) in [5.74, 6) is 12.3. The molecule has 0 aromatic carbocycles. The largest absolute Gasteiger partial charge is 0.378 e. The summed E-state index contributed by atoms with van der Waals surface area (Å²) >= 11 is 0. The minimum absolute atomic E-state index is 0.189. The van der Waals surface area contributed by atoms with E-state index >= 15 is 0 Å². The Balaban J connectivity index is 2.38. The van der Waals surface area contributed by atoms with Gasteiger partial charge in [0.2, 0.25) is 5.78 Å². The lowest BCUT2D eigenvalue weighted by Crippen LogP contribution is -2.32. The Morgan fingerprint density at radius 2 is 1.80 bits per heavy atom. The molecule has 1 rings (SSSR count). The fourth-order valence-corrected chi connectivity index (χ4v) is 0.964. The van der Waals surface area contributed by atoms with Crippen LogP contribution >= 0.6 is 0 Å². The van der Waals surface area contributed by atoms with E-state index < -0.39 is 0 Å². The van der Waals surface area contributed by atoms with Gasteiger partial charge in [-0.2, -0.15) is 0 Å². The van der Waals surface area contributed by atoms with Crippen LogP contribution in [0.15, 0.2) is 0 Å². The molecule has 1 aliphatic heterocycles. The first kappa shape index (κ1) is 11.2. The van der Waals surface area contributed by atoms with Gasteiger partial charge in [-0.15, -0.1) is 0 Å². The lowest BCUT2D eigenvalue weighted by Gasteiger charge is -2.22. The maximum atomic E-state index is 10.4. The second-order valence-electron chi connectivity index (χ2n) is 2.89. The Morgan fingerprint density at radius 1 is 1.13 bits per heavy atom. The standard InChI is InChI=1S/C12H11NO2/c1-12(14)6-4-2-3-5-7-13-8-10-15-11-9-13/h8-11H2,1H3. The monoisotopic (exact) mass is 201 g/mol. The van der Waals surface area contributed by atoms with Gasteiger partial charge in [-0.25, -0.2) is 0 Å². The van der Waals surface area contributed by atoms with Crippen LogP contribution in [0.4, 0.5) is 0 Å². The Bertz CT molecular complexity index is 400. The van der Waals surface area contributed by atoms with Crippen molar-refractivity contribution in [2.75, 3.05) is 26.3 Å². The number of hydrogen-bond acceptors (Lipinski definition) is 3. The van der Waals surface area contributed by atoms with Crippen molar-refractivity contribution in [2.24, 2.45) is 0 Å². The molecule has 0 amide bonds. The van der Waals surface area contributed by atoms with E-state index in [1.165, 1.54) is 6.92 Å². The second kappa shape index (κ2) is 6.55. The maximum absolute atomic E-state index is 10.4. The van der Waals surface area contributed by atoms with E-state index in [4.69, 9.17) is 4.74 Å². The zero-order valence-corrected chi connectivity index (χ0v) is 8.59. The Kier molecular flexibility index (Phi) is 4.88. The Morgan fingerprint density at radius 3 is 2.47 bits per heavy atom. The van der Waals surface area contributed by atoms with Crippen molar-refractivity contribution in [3.05, 3.63) is 0 Å². The van der Waals surface area contributed by atoms with Crippen LogP contribution < -0.4 is 0 Å². The number of rotatable bonds is 0. The molecule has 0 spiro atoms. The number of morpholine rings is 1. The highest BCUT2D eigenvalue weighted by molar-refractivity contribution is 5.93. The molecule has 0 radical (unpaired) electrons. The van der Waals surface area contributed by atoms with Crippen LogP contribution in [0.2, 0.25) is 0 Å². The number of carbonyl (C=O) groups excluding carboxylic acids is 1. The van der Waals surface area contributed by atoms with Gasteiger partial charge < -0.3 is 9.64 Å². The van der Waals surface area contributed by atoms with Crippen LogP contribution in [0.1, 0.15) is 6.92 Å². The molecule has 0 bridgehead atoms. The topological polar surface area (TPSA) is 29.5 Å². The molecule has 1 saturated heterocycles. The molecule has 15 heavy (non-hydrogen) atoms. The summed E-state index contributed by atoms with van der Waals surface area (Å²) in [6.07, 6.45) is 0. The van der Waals surface area contributed by atoms with Gasteiger partial charge >= 0.3 is 0 Å². The average Bonchev–Trinajstić information content (AvgIpc) is 2.24. The third-order valence-electron chi connectivity index (χ3n) is 1.65. The van der Waals surface area contributed by atoms with Gasteiger partial charge in [-0.05, 0) is 17.8 Å². The minimum Gasteiger partial charge on any atom is -0.378 e. The lowest BCUT2D eigenvalue weighted by molar-refractivity contribution is -0.111. The van der Waals surface area contributed by atoms with E-state index in [1.54, 1.807) is 0 Å². The van der Waals surface area contributed by atoms with Crippen molar-refractivity contribution in [1.29, 1.82) is 0 Å². The Hall–Kier alpha value is -1.89. The van der Waals surface area contributed by atoms with Crippen molar-refractivity contribution in [2.45, 2.75) is 6.92 Å². The quantitative estimate of drug-likeness (QED) is 0.404. The number of Topliss-reactive ketones (excluding diaryl/α,β-unsaturated/α-hetero) is 1. The van der Waals surface area contributed by atoms with Crippen LogP contribution in [0, 0.1) is 35.6 Å². The van der Waals surface area contributed by atoms with Gasteiger partial charge in [0.15, 0.2) is 0 Å². The van der Waals surface area contributed by atoms with Crippen molar-refractivity contribution in [3.63, 3.8) is 0 Å². The van der Waals surface area contributed by atoms with Gasteiger partial charge in [0.25, 0.3) is 0 Å². The van der Waals surface area contributed by atoms with Crippen molar-refractivity contribution in [3.8, 4) is 35.6 Å². The summed E-state index contributed by atoms with van der Waals surface area (Å²) in [5, 5.41) is 0. The molecule has 0 aromatic rings. The van der Waals surface area contributed by atoms with E-state index in [0.717, 1.165) is 13.1 Å². The molecular formula is C12H11NO2. The number of ether oxygens (including phenoxy) is 1. The lowest BCUT2D eigenvalue weighted by atomic mass is 10.4. The molecule has 0 atom stereocenters. The smallest absolute Gasteiger partial charge is 0.203 e. The van der Waals surface area contributed by atoms with Crippen molar-refractivity contribution in [1.82, 2.24) is 4.90 Å². The fourth-order valence-electron chi connectivity index (χ4n) is 0.964. The third-order valence-corrected chi connectivity index (χ3v) is 1.65. The Labute approximate surface area is 89.8 Å². The van der Waals surface area contributed by atoms with Gasteiger partial charge in [-0.1, -0.05) is 0 Å². The molecule has 76 valence electrons. The van der Waals surface area contributed by atoms with Crippen molar-refractivity contribution < 1.29 is 9.53 Å². The second-order valence-corrected chi connectivity index (χ2v) is 2.89. The number of hydrogen-bond donors (Lipinski definition) is 0. The molecule has 3 heteroatoms. The van der Waals surface area contributed by atoms with Crippen molar-refractivity contribution >= 4 is 5.78 Å². The van der Waals surface area contributed by atoms with Gasteiger partial charge in [0.1, 0.15) is 0 Å². The third kappa shape index (κ3) is 5.42. The summed E-state index contributed by atoms with van der Waals surface area (Å²) in [5.41, 5.74) is 0. The summed E-state index contributed by atoms with van der Waals surface area (Å²) in [4.78, 5) is 12.4. The van der Waals surface area contributed by atoms with Crippen LogP contribution in [0.3, 0.4) is 0 Å². The minimum atomic E-state index is -0.189. The number of nitrogens with zero attached hydrogens (tertiary/aromatic N) is 1. The molecule has 0 aromatic heterocycles. The van der Waals surface area contributed by atoms with E-state index in [9.17, 15) is 4.79 Å². The van der Waals surface area contributed by atoms with E-state index in [1.807, 2.05) is 4.90 Å². The first-order chi connectivity index (χ1) is 7.29. The number of carbonyl (C=O) groups is 1. The zero-order valence-electron chi connectivity index (χ0n) is 8.59. The molecule has 0 saturated carbocycles. The molecular weight excluding hydrogens is 190 g/mol. The summed E-state index contributed by atoms with van der Waals surface area (Å²) in [6.45, 7) is 4.45. The molecule has 1 fully saturated rings. The SMILES string of the molecule is CC(=O)C#CC#CC#CN1CCOCC1. The molecule has 3 nitrogen and oxygen atoms in total. The van der Waals surface area contributed by atoms with E-state index in [-0.39, 0.29) is 5.78 Å². The van der Waals surface area contributed by atoms with Crippen LogP contribution in [0.5, 0.6) is 0 Å². The van der Waals surface area contributed by atoms with Crippen LogP contribution in [0.25, 0.3) is 0 Å². The predicted octanol–water partition coefficient (Wildman–Crippen LogP) is -0.125. The first-order valence-corrected chi connectivity index (χ1v) is 4.64. The van der Waals surface area contributed by atoms with Crippen LogP contribution in [-0.2, 0) is 9.53 Å². The molecule has 0 aliphatic carbocycles. The maximum Gasteiger partial charge on any atom is 0.203 e. The van der Waals surface area contributed by atoms with Crippen LogP contribution in [-0.4, -0.2) is 37.0 Å². The molecule has 0 unspecified atom stereocenters. The highest BCUT2D eigenvalue weighted by Crippen LogP contribution is 1.92.